The Hall–Kier alpha value is 1.50. The summed E-state index contributed by atoms with van der Waals surface area (Å²) >= 11 is 0. The normalized spacial score (nSPS) is 16.9. The summed E-state index contributed by atoms with van der Waals surface area (Å²) in [5, 5.41) is 18.3. The average Bonchev–Trinajstić information content (AvgIpc) is 1.60. The molecule has 2 nitrogen and oxygen atoms in total. The molecular weight excluding hydrogens is 280 g/mol. The summed E-state index contributed by atoms with van der Waals surface area (Å²) in [4.78, 5) is 0. The summed E-state index contributed by atoms with van der Waals surface area (Å²) in [7, 11) is 0. The summed E-state index contributed by atoms with van der Waals surface area (Å²) < 4.78 is 0. The van der Waals surface area contributed by atoms with Crippen LogP contribution in [0.1, 0.15) is 34.1 Å². The maximum Gasteiger partial charge on any atom is 0.0613 e. The van der Waals surface area contributed by atoms with Crippen molar-refractivity contribution >= 4 is 0 Å². The topological polar surface area (TPSA) is 40.5 Å². The summed E-state index contributed by atoms with van der Waals surface area (Å²) in [5.41, 5.74) is -0.114. The third-order valence-electron chi connectivity index (χ3n) is 1.56. The molecule has 0 saturated heterocycles. The molecule has 0 amide bonds. The second kappa shape index (κ2) is 6.03. The van der Waals surface area contributed by atoms with E-state index in [-0.39, 0.29) is 54.8 Å². The van der Waals surface area contributed by atoms with Crippen LogP contribution in [0.2, 0.25) is 0 Å². The first-order chi connectivity index (χ1) is 4.34. The van der Waals surface area contributed by atoms with Gasteiger partial charge < -0.3 is 10.2 Å². The van der Waals surface area contributed by atoms with Gasteiger partial charge in [-0.25, -0.2) is 0 Å². The maximum absolute atomic E-state index is 9.40. The summed E-state index contributed by atoms with van der Waals surface area (Å²) in [6.45, 7) is 7.56. The molecule has 0 aromatic carbocycles. The van der Waals surface area contributed by atoms with Gasteiger partial charge in [-0.15, -0.1) is 0 Å². The van der Waals surface area contributed by atoms with Gasteiger partial charge in [0.15, 0.2) is 0 Å². The second-order valence-electron chi connectivity index (χ2n) is 3.97. The van der Waals surface area contributed by atoms with E-state index in [1.54, 1.807) is 6.92 Å². The van der Waals surface area contributed by atoms with Crippen LogP contribution in [0, 0.1) is 54.8 Å². The molecule has 11 heavy (non-hydrogen) atoms. The molecule has 2 N–H and O–H groups in total. The standard InChI is InChI=1S/C8H18O2.Eu/c1-6(9)5-7(10)8(2,3)4;/h6-7,9-10H,5H2,1-4H3;. The van der Waals surface area contributed by atoms with E-state index in [4.69, 9.17) is 5.11 Å². The molecule has 0 fully saturated rings. The third kappa shape index (κ3) is 7.85. The zero-order valence-corrected chi connectivity index (χ0v) is 10.1. The fraction of sp³-hybridized carbons (Fsp3) is 1.00. The van der Waals surface area contributed by atoms with Gasteiger partial charge in [-0.1, -0.05) is 20.8 Å². The Balaban J connectivity index is 0. The Labute approximate surface area is 110 Å². The van der Waals surface area contributed by atoms with E-state index >= 15 is 0 Å². The predicted molar refractivity (Wildman–Crippen MR) is 41.8 cm³/mol. The Morgan fingerprint density at radius 1 is 1.18 bits per heavy atom. The molecule has 3 heteroatoms. The van der Waals surface area contributed by atoms with Gasteiger partial charge in [0.25, 0.3) is 0 Å². The van der Waals surface area contributed by atoms with Gasteiger partial charge >= 0.3 is 0 Å². The first-order valence-corrected chi connectivity index (χ1v) is 3.70. The van der Waals surface area contributed by atoms with E-state index in [0.29, 0.717) is 6.42 Å². The quantitative estimate of drug-likeness (QED) is 0.803. The molecule has 0 saturated carbocycles. The van der Waals surface area contributed by atoms with Gasteiger partial charge in [0.05, 0.1) is 12.2 Å². The van der Waals surface area contributed by atoms with Crippen molar-refractivity contribution in [1.29, 1.82) is 0 Å². The molecule has 0 aromatic rings. The molecule has 0 aliphatic heterocycles. The number of rotatable bonds is 2. The molecule has 0 rings (SSSR count). The van der Waals surface area contributed by atoms with Crippen molar-refractivity contribution < 1.29 is 59.6 Å². The van der Waals surface area contributed by atoms with Crippen LogP contribution in [0.4, 0.5) is 0 Å². The molecule has 0 aliphatic carbocycles. The van der Waals surface area contributed by atoms with Crippen LogP contribution in [-0.4, -0.2) is 22.4 Å². The van der Waals surface area contributed by atoms with Gasteiger partial charge in [0, 0.05) is 49.4 Å². The summed E-state index contributed by atoms with van der Waals surface area (Å²) in [6.07, 6.45) is -0.356. The van der Waals surface area contributed by atoms with Gasteiger partial charge in [0.2, 0.25) is 0 Å². The number of hydrogen-bond donors (Lipinski definition) is 2. The maximum atomic E-state index is 9.40. The van der Waals surface area contributed by atoms with Crippen LogP contribution >= 0.6 is 0 Å². The number of aliphatic hydroxyl groups is 2. The van der Waals surface area contributed by atoms with Gasteiger partial charge in [-0.05, 0) is 18.8 Å². The molecule has 2 atom stereocenters. The molecule has 0 heterocycles. The Bertz CT molecular complexity index is 96.8. The Kier molecular flexibility index (Phi) is 8.23. The van der Waals surface area contributed by atoms with Crippen LogP contribution in [0.3, 0.4) is 0 Å². The zero-order valence-electron chi connectivity index (χ0n) is 7.63. The van der Waals surface area contributed by atoms with E-state index in [2.05, 4.69) is 0 Å². The third-order valence-corrected chi connectivity index (χ3v) is 1.56. The summed E-state index contributed by atoms with van der Waals surface area (Å²) in [5.74, 6) is 0. The van der Waals surface area contributed by atoms with Crippen LogP contribution in [0.5, 0.6) is 0 Å². The first kappa shape index (κ1) is 15.0. The average molecular weight is 298 g/mol. The van der Waals surface area contributed by atoms with Gasteiger partial charge in [-0.2, -0.15) is 0 Å². The van der Waals surface area contributed by atoms with Crippen molar-refractivity contribution in [3.63, 3.8) is 0 Å². The second-order valence-corrected chi connectivity index (χ2v) is 3.97. The largest absolute Gasteiger partial charge is 0.393 e. The first-order valence-electron chi connectivity index (χ1n) is 3.70. The number of hydrogen-bond acceptors (Lipinski definition) is 2. The molecule has 0 aromatic heterocycles. The van der Waals surface area contributed by atoms with E-state index in [1.807, 2.05) is 20.8 Å². The molecule has 69 valence electrons. The Morgan fingerprint density at radius 2 is 1.55 bits per heavy atom. The van der Waals surface area contributed by atoms with Gasteiger partial charge in [-0.3, -0.25) is 0 Å². The molecule has 0 spiro atoms. The molecular formula is C8H18EuO2. The van der Waals surface area contributed by atoms with E-state index < -0.39 is 12.2 Å². The van der Waals surface area contributed by atoms with E-state index in [0.717, 1.165) is 0 Å². The van der Waals surface area contributed by atoms with Crippen LogP contribution in [0.25, 0.3) is 0 Å². The van der Waals surface area contributed by atoms with Crippen LogP contribution in [-0.2, 0) is 0 Å². The SMILES string of the molecule is CC(O)CC(O)C(C)(C)C.[Eu]. The van der Waals surface area contributed by atoms with E-state index in [1.165, 1.54) is 0 Å². The smallest absolute Gasteiger partial charge is 0.0613 e. The van der Waals surface area contributed by atoms with Gasteiger partial charge in [0.1, 0.15) is 0 Å². The van der Waals surface area contributed by atoms with Crippen molar-refractivity contribution in [3.8, 4) is 0 Å². The van der Waals surface area contributed by atoms with Crippen molar-refractivity contribution in [2.45, 2.75) is 46.3 Å². The van der Waals surface area contributed by atoms with Crippen LogP contribution in [0.15, 0.2) is 0 Å². The molecule has 2 unspecified atom stereocenters. The minimum absolute atomic E-state index is 0. The van der Waals surface area contributed by atoms with Crippen molar-refractivity contribution in [3.05, 3.63) is 0 Å². The minimum atomic E-state index is -0.410. The predicted octanol–water partition coefficient (Wildman–Crippen LogP) is 1.16. The van der Waals surface area contributed by atoms with Crippen molar-refractivity contribution in [1.82, 2.24) is 0 Å². The van der Waals surface area contributed by atoms with Crippen molar-refractivity contribution in [2.24, 2.45) is 5.41 Å². The zero-order chi connectivity index (χ0) is 8.36. The Morgan fingerprint density at radius 3 is 1.64 bits per heavy atom. The van der Waals surface area contributed by atoms with E-state index in [9.17, 15) is 5.11 Å². The minimum Gasteiger partial charge on any atom is -0.393 e. The monoisotopic (exact) mass is 299 g/mol. The molecule has 0 aliphatic rings. The summed E-state index contributed by atoms with van der Waals surface area (Å²) in [6, 6.07) is 0. The fourth-order valence-electron chi connectivity index (χ4n) is 0.677. The molecule has 0 bridgehead atoms. The van der Waals surface area contributed by atoms with Crippen LogP contribution < -0.4 is 0 Å². The van der Waals surface area contributed by atoms with Crippen molar-refractivity contribution in [2.75, 3.05) is 0 Å². The molecule has 1 radical (unpaired) electrons. The number of aliphatic hydroxyl groups excluding tert-OH is 2. The fourth-order valence-corrected chi connectivity index (χ4v) is 0.677.